The van der Waals surface area contributed by atoms with Gasteiger partial charge >= 0.3 is 5.97 Å². The van der Waals surface area contributed by atoms with Crippen molar-refractivity contribution in [1.29, 1.82) is 0 Å². The van der Waals surface area contributed by atoms with Gasteiger partial charge in [-0.2, -0.15) is 0 Å². The number of carbonyl (C=O) groups is 3. The van der Waals surface area contributed by atoms with Crippen molar-refractivity contribution in [2.75, 3.05) is 32.7 Å². The molecule has 0 unspecified atom stereocenters. The number of aryl methyl sites for hydroxylation is 1. The number of esters is 1. The van der Waals surface area contributed by atoms with E-state index in [9.17, 15) is 9.59 Å². The maximum Gasteiger partial charge on any atom is 0.320 e. The minimum absolute atomic E-state index is 0.185. The molecule has 30 heavy (non-hydrogen) atoms. The molecule has 170 valence electrons. The van der Waals surface area contributed by atoms with Gasteiger partial charge in [-0.05, 0) is 46.2 Å². The lowest BCUT2D eigenvalue weighted by molar-refractivity contribution is -0.156. The molecule has 0 saturated carbocycles. The normalized spacial score (nSPS) is 14.5. The predicted molar refractivity (Wildman–Crippen MR) is 120 cm³/mol. The maximum absolute atomic E-state index is 11.9. The fraction of sp³-hybridized carbons (Fsp3) is 0.609. The smallest absolute Gasteiger partial charge is 0.320 e. The number of ether oxygens (including phenoxy) is 1. The van der Waals surface area contributed by atoms with Crippen LogP contribution in [0.2, 0.25) is 0 Å². The van der Waals surface area contributed by atoms with Crippen molar-refractivity contribution in [1.82, 2.24) is 9.80 Å². The SMILES string of the molecule is CC.CC=O.Cc1ccc(C(N)=O)c(CN2CCN(CC(=O)OC(C)(C)C)CC2)c1. The first-order chi connectivity index (χ1) is 14.1. The molecular weight excluding hydrogens is 382 g/mol. The zero-order valence-corrected chi connectivity index (χ0v) is 19.7. The highest BCUT2D eigenvalue weighted by atomic mass is 16.6. The number of amides is 1. The summed E-state index contributed by atoms with van der Waals surface area (Å²) in [7, 11) is 0. The molecule has 0 aliphatic carbocycles. The summed E-state index contributed by atoms with van der Waals surface area (Å²) in [5.74, 6) is -0.575. The van der Waals surface area contributed by atoms with Crippen LogP contribution < -0.4 is 5.73 Å². The minimum Gasteiger partial charge on any atom is -0.459 e. The van der Waals surface area contributed by atoms with E-state index in [1.165, 1.54) is 6.92 Å². The lowest BCUT2D eigenvalue weighted by Gasteiger charge is -2.34. The highest BCUT2D eigenvalue weighted by molar-refractivity contribution is 5.94. The van der Waals surface area contributed by atoms with E-state index in [1.807, 2.05) is 53.7 Å². The minimum atomic E-state index is -0.449. The largest absolute Gasteiger partial charge is 0.459 e. The molecule has 1 saturated heterocycles. The monoisotopic (exact) mass is 421 g/mol. The third-order valence-corrected chi connectivity index (χ3v) is 4.16. The Morgan fingerprint density at radius 3 is 2.07 bits per heavy atom. The zero-order valence-electron chi connectivity index (χ0n) is 19.7. The lowest BCUT2D eigenvalue weighted by atomic mass is 10.0. The van der Waals surface area contributed by atoms with Crippen LogP contribution in [0.25, 0.3) is 0 Å². The van der Waals surface area contributed by atoms with Crippen molar-refractivity contribution < 1.29 is 19.1 Å². The van der Waals surface area contributed by atoms with E-state index in [2.05, 4.69) is 9.80 Å². The Morgan fingerprint density at radius 1 is 1.10 bits per heavy atom. The summed E-state index contributed by atoms with van der Waals surface area (Å²) in [6.07, 6.45) is 0.750. The van der Waals surface area contributed by atoms with Gasteiger partial charge in [0, 0.05) is 38.3 Å². The molecule has 2 rings (SSSR count). The number of hydrogen-bond acceptors (Lipinski definition) is 6. The summed E-state index contributed by atoms with van der Waals surface area (Å²) < 4.78 is 5.37. The summed E-state index contributed by atoms with van der Waals surface area (Å²) in [5, 5.41) is 0. The molecule has 1 aromatic carbocycles. The van der Waals surface area contributed by atoms with E-state index < -0.39 is 11.5 Å². The van der Waals surface area contributed by atoms with Crippen LogP contribution in [-0.4, -0.2) is 66.3 Å². The molecule has 1 amide bonds. The average molecular weight is 422 g/mol. The quantitative estimate of drug-likeness (QED) is 0.580. The van der Waals surface area contributed by atoms with Crippen molar-refractivity contribution in [3.05, 3.63) is 34.9 Å². The molecule has 0 spiro atoms. The van der Waals surface area contributed by atoms with Crippen LogP contribution >= 0.6 is 0 Å². The van der Waals surface area contributed by atoms with Crippen molar-refractivity contribution in [3.8, 4) is 0 Å². The molecular formula is C23H39N3O4. The summed E-state index contributed by atoms with van der Waals surface area (Å²) in [4.78, 5) is 36.7. The molecule has 0 aromatic heterocycles. The Bertz CT molecular complexity index is 676. The number of carbonyl (C=O) groups excluding carboxylic acids is 3. The molecule has 7 heteroatoms. The molecule has 7 nitrogen and oxygen atoms in total. The molecule has 0 atom stereocenters. The van der Waals surface area contributed by atoms with Crippen molar-refractivity contribution in [3.63, 3.8) is 0 Å². The van der Waals surface area contributed by atoms with Crippen LogP contribution in [0.5, 0.6) is 0 Å². The van der Waals surface area contributed by atoms with Gasteiger partial charge in [-0.1, -0.05) is 31.5 Å². The Labute approximate surface area is 181 Å². The molecule has 2 N–H and O–H groups in total. The van der Waals surface area contributed by atoms with Crippen LogP contribution in [-0.2, 0) is 20.9 Å². The van der Waals surface area contributed by atoms with Gasteiger partial charge in [0.05, 0.1) is 6.54 Å². The van der Waals surface area contributed by atoms with E-state index in [1.54, 1.807) is 6.07 Å². The van der Waals surface area contributed by atoms with E-state index in [0.29, 0.717) is 18.7 Å². The fourth-order valence-electron chi connectivity index (χ4n) is 3.00. The molecule has 0 radical (unpaired) electrons. The van der Waals surface area contributed by atoms with Crippen LogP contribution in [0.3, 0.4) is 0 Å². The van der Waals surface area contributed by atoms with Crippen LogP contribution in [0, 0.1) is 6.92 Å². The van der Waals surface area contributed by atoms with Crippen LogP contribution in [0.1, 0.15) is 63.0 Å². The summed E-state index contributed by atoms with van der Waals surface area (Å²) in [5.41, 5.74) is 7.70. The number of rotatable bonds is 5. The second kappa shape index (κ2) is 13.9. The van der Waals surface area contributed by atoms with E-state index in [-0.39, 0.29) is 5.97 Å². The van der Waals surface area contributed by atoms with Gasteiger partial charge in [-0.3, -0.25) is 19.4 Å². The van der Waals surface area contributed by atoms with Crippen LogP contribution in [0.4, 0.5) is 0 Å². The van der Waals surface area contributed by atoms with Crippen molar-refractivity contribution in [2.45, 2.75) is 60.6 Å². The van der Waals surface area contributed by atoms with E-state index in [0.717, 1.165) is 43.6 Å². The first kappa shape index (κ1) is 27.8. The van der Waals surface area contributed by atoms with Crippen molar-refractivity contribution >= 4 is 18.2 Å². The van der Waals surface area contributed by atoms with Gasteiger partial charge in [0.2, 0.25) is 5.91 Å². The van der Waals surface area contributed by atoms with Crippen LogP contribution in [0.15, 0.2) is 18.2 Å². The Balaban J connectivity index is 0.00000154. The molecule has 1 aromatic rings. The van der Waals surface area contributed by atoms with Gasteiger partial charge < -0.3 is 15.3 Å². The fourth-order valence-corrected chi connectivity index (χ4v) is 3.00. The first-order valence-corrected chi connectivity index (χ1v) is 10.5. The number of aldehydes is 1. The van der Waals surface area contributed by atoms with Gasteiger partial charge in [0.25, 0.3) is 0 Å². The molecule has 1 fully saturated rings. The van der Waals surface area contributed by atoms with Gasteiger partial charge in [-0.25, -0.2) is 0 Å². The number of nitrogens with zero attached hydrogens (tertiary/aromatic N) is 2. The zero-order chi connectivity index (χ0) is 23.3. The Hall–Kier alpha value is -2.25. The predicted octanol–water partition coefficient (Wildman–Crippen LogP) is 2.78. The standard InChI is InChI=1S/C19H29N3O3.C2H4O.C2H6/c1-14-5-6-16(18(20)24)15(11-14)12-21-7-9-22(10-8-21)13-17(23)25-19(2,3)4;1-2-3;1-2/h5-6,11H,7-10,12-13H2,1-4H3,(H2,20,24);2H,1H3;1-2H3. The number of piperazine rings is 1. The Morgan fingerprint density at radius 2 is 1.60 bits per heavy atom. The third-order valence-electron chi connectivity index (χ3n) is 4.16. The highest BCUT2D eigenvalue weighted by Crippen LogP contribution is 2.16. The average Bonchev–Trinajstić information content (AvgIpc) is 2.64. The number of primary amides is 1. The highest BCUT2D eigenvalue weighted by Gasteiger charge is 2.23. The van der Waals surface area contributed by atoms with Crippen molar-refractivity contribution in [2.24, 2.45) is 5.73 Å². The third kappa shape index (κ3) is 11.1. The second-order valence-corrected chi connectivity index (χ2v) is 7.90. The first-order valence-electron chi connectivity index (χ1n) is 10.5. The molecule has 1 aliphatic heterocycles. The summed E-state index contributed by atoms with van der Waals surface area (Å²) in [6.45, 7) is 17.4. The number of benzene rings is 1. The van der Waals surface area contributed by atoms with E-state index >= 15 is 0 Å². The van der Waals surface area contributed by atoms with E-state index in [4.69, 9.17) is 15.3 Å². The number of hydrogen-bond donors (Lipinski definition) is 1. The van der Waals surface area contributed by atoms with Gasteiger partial charge in [0.15, 0.2) is 0 Å². The molecule has 1 aliphatic rings. The molecule has 1 heterocycles. The summed E-state index contributed by atoms with van der Waals surface area (Å²) in [6, 6.07) is 5.72. The molecule has 0 bridgehead atoms. The number of nitrogens with two attached hydrogens (primary N) is 1. The second-order valence-electron chi connectivity index (χ2n) is 7.90. The lowest BCUT2D eigenvalue weighted by Crippen LogP contribution is -2.48. The van der Waals surface area contributed by atoms with Gasteiger partial charge in [-0.15, -0.1) is 0 Å². The maximum atomic E-state index is 11.9. The Kier molecular flexibility index (Phi) is 12.8. The van der Waals surface area contributed by atoms with Gasteiger partial charge in [0.1, 0.15) is 11.9 Å². The topological polar surface area (TPSA) is 92.9 Å². The summed E-state index contributed by atoms with van der Waals surface area (Å²) >= 11 is 0.